The average molecular weight is 368 g/mol. The van der Waals surface area contributed by atoms with E-state index in [-0.39, 0.29) is 27.7 Å². The Morgan fingerprint density at radius 1 is 1.44 bits per heavy atom. The number of halogens is 3. The van der Waals surface area contributed by atoms with Crippen molar-refractivity contribution in [1.82, 2.24) is 9.78 Å². The van der Waals surface area contributed by atoms with Gasteiger partial charge in [0.15, 0.2) is 5.15 Å². The molecule has 25 heavy (non-hydrogen) atoms. The van der Waals surface area contributed by atoms with Crippen molar-refractivity contribution in [3.8, 4) is 6.07 Å². The molecular formula is C15H12ClF2N5O2. The third-order valence-electron chi connectivity index (χ3n) is 3.26. The van der Waals surface area contributed by atoms with Crippen molar-refractivity contribution < 1.29 is 18.4 Å². The van der Waals surface area contributed by atoms with Crippen molar-refractivity contribution >= 4 is 29.1 Å². The van der Waals surface area contributed by atoms with E-state index < -0.39 is 24.8 Å². The zero-order valence-corrected chi connectivity index (χ0v) is 13.6. The van der Waals surface area contributed by atoms with Gasteiger partial charge in [0.25, 0.3) is 18.2 Å². The topological polar surface area (TPSA) is 114 Å². The predicted molar refractivity (Wildman–Crippen MR) is 85.6 cm³/mol. The Balaban J connectivity index is 2.42. The number of nitriles is 1. The highest BCUT2D eigenvalue weighted by molar-refractivity contribution is 6.29. The minimum Gasteiger partial charge on any atom is -0.366 e. The Kier molecular flexibility index (Phi) is 5.34. The number of aryl methyl sites for hydroxylation is 1. The molecule has 7 nitrogen and oxygen atoms in total. The maximum atomic E-state index is 12.6. The molecular weight excluding hydrogens is 356 g/mol. The summed E-state index contributed by atoms with van der Waals surface area (Å²) >= 11 is 5.68. The Morgan fingerprint density at radius 2 is 2.12 bits per heavy atom. The van der Waals surface area contributed by atoms with Crippen LogP contribution < -0.4 is 11.1 Å². The number of rotatable bonds is 5. The van der Waals surface area contributed by atoms with Crippen LogP contribution in [0.25, 0.3) is 0 Å². The first-order valence-corrected chi connectivity index (χ1v) is 7.28. The number of benzene rings is 1. The molecule has 1 heterocycles. The highest BCUT2D eigenvalue weighted by atomic mass is 35.5. The molecule has 0 radical (unpaired) electrons. The maximum absolute atomic E-state index is 12.6. The van der Waals surface area contributed by atoms with Gasteiger partial charge in [-0.1, -0.05) is 11.6 Å². The Morgan fingerprint density at radius 3 is 2.68 bits per heavy atom. The fourth-order valence-corrected chi connectivity index (χ4v) is 2.42. The minimum atomic E-state index is -2.74. The van der Waals surface area contributed by atoms with Gasteiger partial charge in [-0.25, -0.2) is 8.78 Å². The first kappa shape index (κ1) is 18.4. The van der Waals surface area contributed by atoms with Gasteiger partial charge in [-0.3, -0.25) is 14.3 Å². The van der Waals surface area contributed by atoms with E-state index in [4.69, 9.17) is 22.6 Å². The fraction of sp³-hybridized carbons (Fsp3) is 0.200. The predicted octanol–water partition coefficient (Wildman–Crippen LogP) is 2.33. The van der Waals surface area contributed by atoms with E-state index in [1.165, 1.54) is 12.1 Å². The molecule has 1 aromatic carbocycles. The monoisotopic (exact) mass is 367 g/mol. The third-order valence-corrected chi connectivity index (χ3v) is 3.45. The second kappa shape index (κ2) is 7.27. The van der Waals surface area contributed by atoms with Crippen LogP contribution in [0.2, 0.25) is 5.15 Å². The van der Waals surface area contributed by atoms with Crippen LogP contribution in [0, 0.1) is 18.3 Å². The number of amides is 2. The lowest BCUT2D eigenvalue weighted by molar-refractivity contribution is 0.0988. The number of hydrogen-bond donors (Lipinski definition) is 2. The summed E-state index contributed by atoms with van der Waals surface area (Å²) in [6.07, 6.45) is -2.74. The van der Waals surface area contributed by atoms with Crippen molar-refractivity contribution in [3.05, 3.63) is 45.7 Å². The lowest BCUT2D eigenvalue weighted by Gasteiger charge is -2.13. The van der Waals surface area contributed by atoms with Gasteiger partial charge in [-0.05, 0) is 24.6 Å². The van der Waals surface area contributed by atoms with Gasteiger partial charge in [0.1, 0.15) is 12.2 Å². The first-order chi connectivity index (χ1) is 11.7. The van der Waals surface area contributed by atoms with E-state index >= 15 is 0 Å². The summed E-state index contributed by atoms with van der Waals surface area (Å²) in [7, 11) is 0. The normalized spacial score (nSPS) is 10.6. The molecule has 0 fully saturated rings. The molecule has 0 atom stereocenters. The summed E-state index contributed by atoms with van der Waals surface area (Å²) in [6.45, 7) is 0.747. The zero-order valence-electron chi connectivity index (χ0n) is 12.9. The highest BCUT2D eigenvalue weighted by Crippen LogP contribution is 2.24. The quantitative estimate of drug-likeness (QED) is 0.844. The Labute approximate surface area is 146 Å². The summed E-state index contributed by atoms with van der Waals surface area (Å²) in [6, 6.07) is 5.68. The van der Waals surface area contributed by atoms with Crippen LogP contribution in [-0.2, 0) is 6.54 Å². The van der Waals surface area contributed by atoms with Crippen LogP contribution in [0.4, 0.5) is 14.5 Å². The summed E-state index contributed by atoms with van der Waals surface area (Å²) in [5.41, 5.74) is 5.69. The van der Waals surface area contributed by atoms with Gasteiger partial charge >= 0.3 is 0 Å². The standard InChI is InChI=1S/C15H12ClF2N5O2/c1-7-2-8(5-19)3-9(14(20)24)13(7)21-15(25)10-4-11(16)22-23(10)6-12(17)18/h2-4,12H,6H2,1H3,(H2,20,24)(H,21,25). The number of carbonyl (C=O) groups excluding carboxylic acids is 2. The van der Waals surface area contributed by atoms with Crippen molar-refractivity contribution in [3.63, 3.8) is 0 Å². The largest absolute Gasteiger partial charge is 0.366 e. The van der Waals surface area contributed by atoms with Gasteiger partial charge in [0.05, 0.1) is 22.9 Å². The molecule has 0 bridgehead atoms. The number of carbonyl (C=O) groups is 2. The second-order valence-electron chi connectivity index (χ2n) is 5.07. The molecule has 0 spiro atoms. The molecule has 0 saturated heterocycles. The number of aromatic nitrogens is 2. The number of nitrogens with two attached hydrogens (primary N) is 1. The first-order valence-electron chi connectivity index (χ1n) is 6.90. The third kappa shape index (κ3) is 4.10. The zero-order chi connectivity index (χ0) is 18.7. The maximum Gasteiger partial charge on any atom is 0.274 e. The number of hydrogen-bond acceptors (Lipinski definition) is 4. The second-order valence-corrected chi connectivity index (χ2v) is 5.46. The van der Waals surface area contributed by atoms with E-state index in [9.17, 15) is 18.4 Å². The summed E-state index contributed by atoms with van der Waals surface area (Å²) in [5, 5.41) is 14.9. The van der Waals surface area contributed by atoms with Crippen LogP contribution >= 0.6 is 11.6 Å². The van der Waals surface area contributed by atoms with Crippen LogP contribution in [0.5, 0.6) is 0 Å². The SMILES string of the molecule is Cc1cc(C#N)cc(C(N)=O)c1NC(=O)c1cc(Cl)nn1CC(F)F. The summed E-state index contributed by atoms with van der Waals surface area (Å²) < 4.78 is 25.9. The summed E-state index contributed by atoms with van der Waals surface area (Å²) in [4.78, 5) is 24.0. The summed E-state index contributed by atoms with van der Waals surface area (Å²) in [5.74, 6) is -1.65. The molecule has 3 N–H and O–H groups in total. The smallest absolute Gasteiger partial charge is 0.274 e. The van der Waals surface area contributed by atoms with Crippen molar-refractivity contribution in [2.24, 2.45) is 5.73 Å². The molecule has 10 heteroatoms. The molecule has 0 saturated carbocycles. The molecule has 2 rings (SSSR count). The van der Waals surface area contributed by atoms with E-state index in [0.29, 0.717) is 5.56 Å². The van der Waals surface area contributed by atoms with Gasteiger partial charge < -0.3 is 11.1 Å². The fourth-order valence-electron chi connectivity index (χ4n) is 2.23. The number of alkyl halides is 2. The van der Waals surface area contributed by atoms with Crippen molar-refractivity contribution in [1.29, 1.82) is 5.26 Å². The van der Waals surface area contributed by atoms with E-state index in [2.05, 4.69) is 10.4 Å². The lowest BCUT2D eigenvalue weighted by Crippen LogP contribution is -2.23. The molecule has 1 aromatic heterocycles. The number of nitrogens with zero attached hydrogens (tertiary/aromatic N) is 3. The van der Waals surface area contributed by atoms with Gasteiger partial charge in [-0.2, -0.15) is 10.4 Å². The number of primary amides is 1. The molecule has 2 amide bonds. The van der Waals surface area contributed by atoms with Crippen LogP contribution in [0.3, 0.4) is 0 Å². The molecule has 0 unspecified atom stereocenters. The minimum absolute atomic E-state index is 0.0732. The number of anilines is 1. The lowest BCUT2D eigenvalue weighted by atomic mass is 10.0. The van der Waals surface area contributed by atoms with Crippen LogP contribution in [-0.4, -0.2) is 28.0 Å². The van der Waals surface area contributed by atoms with E-state index in [0.717, 1.165) is 10.7 Å². The molecule has 130 valence electrons. The van der Waals surface area contributed by atoms with Crippen LogP contribution in [0.15, 0.2) is 18.2 Å². The van der Waals surface area contributed by atoms with Crippen LogP contribution in [0.1, 0.15) is 32.0 Å². The average Bonchev–Trinajstić information content (AvgIpc) is 2.88. The highest BCUT2D eigenvalue weighted by Gasteiger charge is 2.21. The van der Waals surface area contributed by atoms with Crippen molar-refractivity contribution in [2.75, 3.05) is 5.32 Å². The molecule has 0 aliphatic heterocycles. The molecule has 0 aliphatic rings. The van der Waals surface area contributed by atoms with Gasteiger partial charge in [0, 0.05) is 6.07 Å². The van der Waals surface area contributed by atoms with E-state index in [1.54, 1.807) is 6.92 Å². The van der Waals surface area contributed by atoms with Crippen molar-refractivity contribution in [2.45, 2.75) is 19.9 Å². The van der Waals surface area contributed by atoms with Gasteiger partial charge in [-0.15, -0.1) is 0 Å². The molecule has 0 aliphatic carbocycles. The Bertz CT molecular complexity index is 889. The number of nitrogens with one attached hydrogen (secondary N) is 1. The Hall–Kier alpha value is -2.99. The van der Waals surface area contributed by atoms with E-state index in [1.807, 2.05) is 6.07 Å². The molecule has 2 aromatic rings. The van der Waals surface area contributed by atoms with Gasteiger partial charge in [0.2, 0.25) is 0 Å².